The summed E-state index contributed by atoms with van der Waals surface area (Å²) in [6.07, 6.45) is 2.56. The van der Waals surface area contributed by atoms with E-state index in [9.17, 15) is 0 Å². The second-order valence-corrected chi connectivity index (χ2v) is 6.98. The Bertz CT molecular complexity index is 437. The molecule has 1 aliphatic rings. The molecule has 0 saturated carbocycles. The number of anilines is 1. The van der Waals surface area contributed by atoms with Crippen molar-refractivity contribution in [1.82, 2.24) is 0 Å². The standard InChI is InChI=1S/C16H24N2S/c1-16(2,3)13-8-10-18(11-9-13)14-6-4-12(5-7-14)15(17)19/h4-7,13H,8-11H2,1-3H3,(H2,17,19). The minimum atomic E-state index is 0.432. The van der Waals surface area contributed by atoms with Crippen LogP contribution in [-0.4, -0.2) is 18.1 Å². The maximum absolute atomic E-state index is 5.63. The zero-order valence-corrected chi connectivity index (χ0v) is 13.0. The maximum Gasteiger partial charge on any atom is 0.103 e. The van der Waals surface area contributed by atoms with Crippen molar-refractivity contribution in [3.05, 3.63) is 29.8 Å². The van der Waals surface area contributed by atoms with Gasteiger partial charge in [0.15, 0.2) is 0 Å². The summed E-state index contributed by atoms with van der Waals surface area (Å²) in [5.74, 6) is 0.833. The minimum Gasteiger partial charge on any atom is -0.389 e. The van der Waals surface area contributed by atoms with Gasteiger partial charge >= 0.3 is 0 Å². The third kappa shape index (κ3) is 3.47. The van der Waals surface area contributed by atoms with Gasteiger partial charge in [0.05, 0.1) is 0 Å². The molecule has 1 heterocycles. The molecular formula is C16H24N2S. The van der Waals surface area contributed by atoms with Gasteiger partial charge in [-0.15, -0.1) is 0 Å². The molecular weight excluding hydrogens is 252 g/mol. The van der Waals surface area contributed by atoms with Gasteiger partial charge in [0.1, 0.15) is 4.99 Å². The summed E-state index contributed by atoms with van der Waals surface area (Å²) in [7, 11) is 0. The van der Waals surface area contributed by atoms with E-state index >= 15 is 0 Å². The van der Waals surface area contributed by atoms with Gasteiger partial charge in [0, 0.05) is 24.3 Å². The van der Waals surface area contributed by atoms with E-state index in [0.29, 0.717) is 10.4 Å². The van der Waals surface area contributed by atoms with E-state index in [0.717, 1.165) is 24.6 Å². The molecule has 0 radical (unpaired) electrons. The van der Waals surface area contributed by atoms with Crippen LogP contribution in [0, 0.1) is 11.3 Å². The lowest BCUT2D eigenvalue weighted by atomic mass is 9.75. The molecule has 19 heavy (non-hydrogen) atoms. The Balaban J connectivity index is 2.00. The normalized spacial score (nSPS) is 17.5. The molecule has 2 nitrogen and oxygen atoms in total. The Morgan fingerprint density at radius 1 is 1.16 bits per heavy atom. The van der Waals surface area contributed by atoms with Gasteiger partial charge in [-0.25, -0.2) is 0 Å². The molecule has 2 N–H and O–H groups in total. The summed E-state index contributed by atoms with van der Waals surface area (Å²) in [6.45, 7) is 9.35. The molecule has 3 heteroatoms. The van der Waals surface area contributed by atoms with E-state index in [1.807, 2.05) is 12.1 Å². The summed E-state index contributed by atoms with van der Waals surface area (Å²) in [4.78, 5) is 2.93. The van der Waals surface area contributed by atoms with Crippen molar-refractivity contribution in [1.29, 1.82) is 0 Å². The van der Waals surface area contributed by atoms with Crippen LogP contribution in [0.5, 0.6) is 0 Å². The number of nitrogens with zero attached hydrogens (tertiary/aromatic N) is 1. The quantitative estimate of drug-likeness (QED) is 0.837. The highest BCUT2D eigenvalue weighted by Crippen LogP contribution is 2.35. The van der Waals surface area contributed by atoms with Crippen molar-refractivity contribution in [2.75, 3.05) is 18.0 Å². The molecule has 0 unspecified atom stereocenters. The SMILES string of the molecule is CC(C)(C)C1CCN(c2ccc(C(N)=S)cc2)CC1. The van der Waals surface area contributed by atoms with E-state index in [2.05, 4.69) is 37.8 Å². The lowest BCUT2D eigenvalue weighted by Crippen LogP contribution is -2.38. The van der Waals surface area contributed by atoms with Crippen molar-refractivity contribution in [2.45, 2.75) is 33.6 Å². The lowest BCUT2D eigenvalue weighted by molar-refractivity contribution is 0.199. The van der Waals surface area contributed by atoms with Crippen molar-refractivity contribution in [3.8, 4) is 0 Å². The van der Waals surface area contributed by atoms with E-state index in [-0.39, 0.29) is 0 Å². The average Bonchev–Trinajstić information content (AvgIpc) is 2.38. The first-order valence-electron chi connectivity index (χ1n) is 7.03. The Labute approximate surface area is 122 Å². The van der Waals surface area contributed by atoms with Crippen molar-refractivity contribution >= 4 is 22.9 Å². The van der Waals surface area contributed by atoms with Gasteiger partial charge < -0.3 is 10.6 Å². The predicted molar refractivity (Wildman–Crippen MR) is 86.7 cm³/mol. The summed E-state index contributed by atoms with van der Waals surface area (Å²) in [5, 5.41) is 0. The molecule has 1 saturated heterocycles. The number of thiocarbonyl (C=S) groups is 1. The molecule has 0 spiro atoms. The van der Waals surface area contributed by atoms with Crippen LogP contribution in [-0.2, 0) is 0 Å². The zero-order valence-electron chi connectivity index (χ0n) is 12.1. The summed E-state index contributed by atoms with van der Waals surface area (Å²) in [6, 6.07) is 8.30. The molecule has 1 aromatic carbocycles. The molecule has 0 aliphatic carbocycles. The summed E-state index contributed by atoms with van der Waals surface area (Å²) < 4.78 is 0. The summed E-state index contributed by atoms with van der Waals surface area (Å²) >= 11 is 4.98. The first kappa shape index (κ1) is 14.3. The van der Waals surface area contributed by atoms with Crippen molar-refractivity contribution in [3.63, 3.8) is 0 Å². The van der Waals surface area contributed by atoms with Crippen LogP contribution in [0.3, 0.4) is 0 Å². The minimum absolute atomic E-state index is 0.432. The van der Waals surface area contributed by atoms with Crippen LogP contribution >= 0.6 is 12.2 Å². The molecule has 1 aliphatic heterocycles. The van der Waals surface area contributed by atoms with Crippen molar-refractivity contribution in [2.24, 2.45) is 17.1 Å². The van der Waals surface area contributed by atoms with Gasteiger partial charge in [0.25, 0.3) is 0 Å². The van der Waals surface area contributed by atoms with Crippen LogP contribution in [0.4, 0.5) is 5.69 Å². The third-order valence-electron chi connectivity index (χ3n) is 4.24. The van der Waals surface area contributed by atoms with Gasteiger partial charge in [-0.3, -0.25) is 0 Å². The third-order valence-corrected chi connectivity index (χ3v) is 4.47. The second-order valence-electron chi connectivity index (χ2n) is 6.54. The molecule has 0 aromatic heterocycles. The van der Waals surface area contributed by atoms with Crippen LogP contribution in [0.2, 0.25) is 0 Å². The smallest absolute Gasteiger partial charge is 0.103 e. The van der Waals surface area contributed by atoms with Crippen LogP contribution in [0.15, 0.2) is 24.3 Å². The number of hydrogen-bond acceptors (Lipinski definition) is 2. The number of hydrogen-bond donors (Lipinski definition) is 1. The molecule has 1 aromatic rings. The van der Waals surface area contributed by atoms with Gasteiger partial charge in [0.2, 0.25) is 0 Å². The van der Waals surface area contributed by atoms with Crippen LogP contribution in [0.25, 0.3) is 0 Å². The first-order chi connectivity index (χ1) is 8.88. The van der Waals surface area contributed by atoms with Crippen LogP contribution < -0.4 is 10.6 Å². The van der Waals surface area contributed by atoms with E-state index in [4.69, 9.17) is 18.0 Å². The fourth-order valence-electron chi connectivity index (χ4n) is 2.84. The van der Waals surface area contributed by atoms with E-state index < -0.39 is 0 Å². The van der Waals surface area contributed by atoms with Gasteiger partial charge in [-0.05, 0) is 48.4 Å². The number of piperidine rings is 1. The Kier molecular flexibility index (Phi) is 4.14. The molecule has 2 rings (SSSR count). The Hall–Kier alpha value is -1.09. The lowest BCUT2D eigenvalue weighted by Gasteiger charge is -2.39. The largest absolute Gasteiger partial charge is 0.389 e. The van der Waals surface area contributed by atoms with Gasteiger partial charge in [-0.2, -0.15) is 0 Å². The molecule has 1 fully saturated rings. The average molecular weight is 276 g/mol. The molecule has 0 bridgehead atoms. The predicted octanol–water partition coefficient (Wildman–Crippen LogP) is 3.58. The maximum atomic E-state index is 5.63. The van der Waals surface area contributed by atoms with E-state index in [1.165, 1.54) is 18.5 Å². The second kappa shape index (κ2) is 5.49. The Morgan fingerprint density at radius 3 is 2.11 bits per heavy atom. The topological polar surface area (TPSA) is 29.3 Å². The molecule has 0 amide bonds. The van der Waals surface area contributed by atoms with Crippen molar-refractivity contribution < 1.29 is 0 Å². The van der Waals surface area contributed by atoms with Gasteiger partial charge in [-0.1, -0.05) is 33.0 Å². The summed E-state index contributed by atoms with van der Waals surface area (Å²) in [5.41, 5.74) is 8.29. The first-order valence-corrected chi connectivity index (χ1v) is 7.43. The van der Waals surface area contributed by atoms with Crippen LogP contribution in [0.1, 0.15) is 39.2 Å². The monoisotopic (exact) mass is 276 g/mol. The highest BCUT2D eigenvalue weighted by Gasteiger charge is 2.28. The molecule has 0 atom stereocenters. The zero-order chi connectivity index (χ0) is 14.0. The Morgan fingerprint density at radius 2 is 1.68 bits per heavy atom. The highest BCUT2D eigenvalue weighted by atomic mass is 32.1. The number of benzene rings is 1. The highest BCUT2D eigenvalue weighted by molar-refractivity contribution is 7.80. The van der Waals surface area contributed by atoms with E-state index in [1.54, 1.807) is 0 Å². The number of nitrogens with two attached hydrogens (primary N) is 1. The molecule has 104 valence electrons. The fraction of sp³-hybridized carbons (Fsp3) is 0.562. The fourth-order valence-corrected chi connectivity index (χ4v) is 2.98. The number of rotatable bonds is 2.